The van der Waals surface area contributed by atoms with Gasteiger partial charge in [0.15, 0.2) is 0 Å². The zero-order chi connectivity index (χ0) is 13.5. The van der Waals surface area contributed by atoms with Crippen LogP contribution < -0.4 is 10.6 Å². The number of urea groups is 1. The van der Waals surface area contributed by atoms with Gasteiger partial charge in [-0.2, -0.15) is 0 Å². The molecule has 0 aliphatic heterocycles. The molecule has 7 nitrogen and oxygen atoms in total. The molecule has 0 aliphatic rings. The van der Waals surface area contributed by atoms with Crippen LogP contribution in [-0.4, -0.2) is 28.3 Å². The monoisotopic (exact) mass is 255 g/mol. The van der Waals surface area contributed by atoms with Crippen molar-refractivity contribution in [2.45, 2.75) is 32.9 Å². The molecule has 0 radical (unpaired) electrons. The van der Waals surface area contributed by atoms with Gasteiger partial charge in [0.25, 0.3) is 0 Å². The van der Waals surface area contributed by atoms with Crippen molar-refractivity contribution in [2.75, 3.05) is 0 Å². The predicted molar refractivity (Wildman–Crippen MR) is 62.8 cm³/mol. The number of amides is 2. The molecule has 0 saturated carbocycles. The number of aromatic nitrogens is 1. The number of carboxylic acid groups (broad SMARTS) is 1. The third-order valence-electron chi connectivity index (χ3n) is 2.23. The lowest BCUT2D eigenvalue weighted by Crippen LogP contribution is -2.46. The molecule has 7 heteroatoms. The second-order valence-electron chi connectivity index (χ2n) is 4.34. The summed E-state index contributed by atoms with van der Waals surface area (Å²) in [6.07, 6.45) is 1.78. The van der Waals surface area contributed by atoms with Crippen LogP contribution in [0.4, 0.5) is 4.79 Å². The zero-order valence-electron chi connectivity index (χ0n) is 10.3. The van der Waals surface area contributed by atoms with E-state index in [0.29, 0.717) is 12.1 Å². The molecule has 0 fully saturated rings. The Morgan fingerprint density at radius 2 is 2.22 bits per heavy atom. The Morgan fingerprint density at radius 1 is 1.50 bits per heavy atom. The number of hydrogen-bond donors (Lipinski definition) is 3. The van der Waals surface area contributed by atoms with Crippen LogP contribution >= 0.6 is 0 Å². The van der Waals surface area contributed by atoms with Crippen LogP contribution in [0.5, 0.6) is 0 Å². The van der Waals surface area contributed by atoms with Crippen LogP contribution in [0.1, 0.15) is 26.0 Å². The van der Waals surface area contributed by atoms with E-state index >= 15 is 0 Å². The first-order chi connectivity index (χ1) is 8.49. The van der Waals surface area contributed by atoms with Crippen LogP contribution in [0.2, 0.25) is 0 Å². The summed E-state index contributed by atoms with van der Waals surface area (Å²) in [5, 5.41) is 17.5. The summed E-state index contributed by atoms with van der Waals surface area (Å²) in [6.45, 7) is 3.98. The maximum Gasteiger partial charge on any atom is 0.326 e. The SMILES string of the molecule is CC(C)CC(NC(=O)NCc1ccon1)C(=O)O. The minimum Gasteiger partial charge on any atom is -0.480 e. The Hall–Kier alpha value is -2.05. The summed E-state index contributed by atoms with van der Waals surface area (Å²) >= 11 is 0. The van der Waals surface area contributed by atoms with Crippen molar-refractivity contribution in [1.82, 2.24) is 15.8 Å². The number of carboxylic acids is 1. The maximum atomic E-state index is 11.5. The fourth-order valence-corrected chi connectivity index (χ4v) is 1.40. The van der Waals surface area contributed by atoms with Crippen molar-refractivity contribution < 1.29 is 19.2 Å². The lowest BCUT2D eigenvalue weighted by Gasteiger charge is -2.16. The fourth-order valence-electron chi connectivity index (χ4n) is 1.40. The van der Waals surface area contributed by atoms with Crippen LogP contribution in [0, 0.1) is 5.92 Å². The van der Waals surface area contributed by atoms with Gasteiger partial charge in [0.2, 0.25) is 0 Å². The third kappa shape index (κ3) is 4.86. The molecule has 1 atom stereocenters. The van der Waals surface area contributed by atoms with E-state index < -0.39 is 18.0 Å². The molecule has 0 saturated heterocycles. The molecule has 1 aromatic rings. The predicted octanol–water partition coefficient (Wildman–Crippen LogP) is 0.973. The van der Waals surface area contributed by atoms with Crippen molar-refractivity contribution in [3.8, 4) is 0 Å². The summed E-state index contributed by atoms with van der Waals surface area (Å²) < 4.78 is 4.60. The van der Waals surface area contributed by atoms with Gasteiger partial charge in [-0.05, 0) is 12.3 Å². The van der Waals surface area contributed by atoms with Gasteiger partial charge in [0, 0.05) is 6.07 Å². The van der Waals surface area contributed by atoms with Gasteiger partial charge in [0.1, 0.15) is 18.0 Å². The van der Waals surface area contributed by atoms with Gasteiger partial charge in [-0.1, -0.05) is 19.0 Å². The second kappa shape index (κ2) is 6.63. The number of rotatable bonds is 6. The van der Waals surface area contributed by atoms with Crippen LogP contribution in [-0.2, 0) is 11.3 Å². The minimum atomic E-state index is -1.04. The van der Waals surface area contributed by atoms with Gasteiger partial charge in [0.05, 0.1) is 6.54 Å². The lowest BCUT2D eigenvalue weighted by atomic mass is 10.0. The summed E-state index contributed by atoms with van der Waals surface area (Å²) in [5.74, 6) is -0.859. The largest absolute Gasteiger partial charge is 0.480 e. The minimum absolute atomic E-state index is 0.182. The van der Waals surface area contributed by atoms with E-state index in [4.69, 9.17) is 5.11 Å². The molecule has 3 N–H and O–H groups in total. The molecule has 0 aromatic carbocycles. The quantitative estimate of drug-likeness (QED) is 0.702. The smallest absolute Gasteiger partial charge is 0.326 e. The first kappa shape index (κ1) is 14.0. The number of aliphatic carboxylic acids is 1. The standard InChI is InChI=1S/C11H17N3O4/c1-7(2)5-9(10(15)16)13-11(17)12-6-8-3-4-18-14-8/h3-4,7,9H,5-6H2,1-2H3,(H,15,16)(H2,12,13,17). The van der Waals surface area contributed by atoms with Gasteiger partial charge in [-0.3, -0.25) is 0 Å². The summed E-state index contributed by atoms with van der Waals surface area (Å²) in [6, 6.07) is 0.191. The molecule has 1 heterocycles. The van der Waals surface area contributed by atoms with E-state index in [9.17, 15) is 9.59 Å². The normalized spacial score (nSPS) is 12.2. The summed E-state index contributed by atoms with van der Waals surface area (Å²) in [4.78, 5) is 22.4. The third-order valence-corrected chi connectivity index (χ3v) is 2.23. The van der Waals surface area contributed by atoms with Crippen LogP contribution in [0.3, 0.4) is 0 Å². The first-order valence-corrected chi connectivity index (χ1v) is 5.65. The van der Waals surface area contributed by atoms with Crippen molar-refractivity contribution in [3.05, 3.63) is 18.0 Å². The highest BCUT2D eigenvalue weighted by Crippen LogP contribution is 2.04. The molecule has 100 valence electrons. The molecule has 0 aliphatic carbocycles. The molecule has 1 unspecified atom stereocenters. The molecular formula is C11H17N3O4. The van der Waals surface area contributed by atoms with E-state index in [1.807, 2.05) is 13.8 Å². The molecule has 2 amide bonds. The summed E-state index contributed by atoms with van der Waals surface area (Å²) in [5.41, 5.74) is 0.570. The number of nitrogens with one attached hydrogen (secondary N) is 2. The Labute approximate surface area is 105 Å². The highest BCUT2D eigenvalue weighted by atomic mass is 16.5. The van der Waals surface area contributed by atoms with Crippen LogP contribution in [0.25, 0.3) is 0 Å². The van der Waals surface area contributed by atoms with Crippen molar-refractivity contribution in [2.24, 2.45) is 5.92 Å². The topological polar surface area (TPSA) is 104 Å². The van der Waals surface area contributed by atoms with E-state index in [-0.39, 0.29) is 12.5 Å². The zero-order valence-corrected chi connectivity index (χ0v) is 10.3. The molecule has 0 spiro atoms. The Balaban J connectivity index is 2.39. The maximum absolute atomic E-state index is 11.5. The fraction of sp³-hybridized carbons (Fsp3) is 0.545. The Kier molecular flexibility index (Phi) is 5.16. The molecule has 1 rings (SSSR count). The lowest BCUT2D eigenvalue weighted by molar-refractivity contribution is -0.139. The average Bonchev–Trinajstić information content (AvgIpc) is 2.77. The molecule has 1 aromatic heterocycles. The number of nitrogens with zero attached hydrogens (tertiary/aromatic N) is 1. The molecule has 18 heavy (non-hydrogen) atoms. The van der Waals surface area contributed by atoms with Gasteiger partial charge in [-0.15, -0.1) is 0 Å². The molecule has 0 bridgehead atoms. The average molecular weight is 255 g/mol. The van der Waals surface area contributed by atoms with Crippen molar-refractivity contribution in [1.29, 1.82) is 0 Å². The number of carbonyl (C=O) groups is 2. The molecular weight excluding hydrogens is 238 g/mol. The van der Waals surface area contributed by atoms with Gasteiger partial charge >= 0.3 is 12.0 Å². The van der Waals surface area contributed by atoms with E-state index in [0.717, 1.165) is 0 Å². The van der Waals surface area contributed by atoms with Crippen molar-refractivity contribution in [3.63, 3.8) is 0 Å². The first-order valence-electron chi connectivity index (χ1n) is 5.65. The van der Waals surface area contributed by atoms with Crippen LogP contribution in [0.15, 0.2) is 16.9 Å². The van der Waals surface area contributed by atoms with E-state index in [2.05, 4.69) is 20.3 Å². The Bertz CT molecular complexity index is 389. The van der Waals surface area contributed by atoms with E-state index in [1.54, 1.807) is 6.07 Å². The second-order valence-corrected chi connectivity index (χ2v) is 4.34. The van der Waals surface area contributed by atoms with Crippen molar-refractivity contribution >= 4 is 12.0 Å². The summed E-state index contributed by atoms with van der Waals surface area (Å²) in [7, 11) is 0. The Morgan fingerprint density at radius 3 is 2.72 bits per heavy atom. The highest BCUT2D eigenvalue weighted by Gasteiger charge is 2.20. The number of hydrogen-bond acceptors (Lipinski definition) is 4. The van der Waals surface area contributed by atoms with Gasteiger partial charge in [-0.25, -0.2) is 9.59 Å². The number of carbonyl (C=O) groups excluding carboxylic acids is 1. The van der Waals surface area contributed by atoms with E-state index in [1.165, 1.54) is 6.26 Å². The van der Waals surface area contributed by atoms with Gasteiger partial charge < -0.3 is 20.3 Å². The highest BCUT2D eigenvalue weighted by molar-refractivity contribution is 5.82.